The fourth-order valence-electron chi connectivity index (χ4n) is 0.552. The molecule has 9 heavy (non-hydrogen) atoms. The Balaban J connectivity index is 0.000000640. The highest BCUT2D eigenvalue weighted by Crippen LogP contribution is 1.92. The summed E-state index contributed by atoms with van der Waals surface area (Å²) >= 11 is 4.84. The van der Waals surface area contributed by atoms with Crippen molar-refractivity contribution in [3.8, 4) is 0 Å². The van der Waals surface area contributed by atoms with E-state index in [0.717, 1.165) is 4.64 Å². The van der Waals surface area contributed by atoms with Gasteiger partial charge in [-0.2, -0.15) is 0 Å². The van der Waals surface area contributed by atoms with Gasteiger partial charge in [0.05, 0.1) is 0 Å². The molecule has 3 heteroatoms. The van der Waals surface area contributed by atoms with Crippen molar-refractivity contribution in [2.24, 2.45) is 0 Å². The van der Waals surface area contributed by atoms with Gasteiger partial charge in [0.25, 0.3) is 0 Å². The van der Waals surface area contributed by atoms with Gasteiger partial charge in [-0.3, -0.25) is 0 Å². The summed E-state index contributed by atoms with van der Waals surface area (Å²) in [5.74, 6) is 0. The van der Waals surface area contributed by atoms with E-state index in [1.54, 1.807) is 0 Å². The molecule has 0 unspecified atom stereocenters. The van der Waals surface area contributed by atoms with Gasteiger partial charge in [0, 0.05) is 6.20 Å². The molecule has 0 bridgehead atoms. The summed E-state index contributed by atoms with van der Waals surface area (Å²) in [6.07, 6.45) is 1.84. The first kappa shape index (κ1) is 8.66. The van der Waals surface area contributed by atoms with Gasteiger partial charge in [-0.05, 0) is 24.6 Å². The van der Waals surface area contributed by atoms with Crippen molar-refractivity contribution < 1.29 is 0 Å². The molecular weight excluding hydrogens is 154 g/mol. The lowest BCUT2D eigenvalue weighted by Crippen LogP contribution is -1.72. The maximum absolute atomic E-state index is 4.84. The summed E-state index contributed by atoms with van der Waals surface area (Å²) in [6.45, 7) is 2.02. The second kappa shape index (κ2) is 3.64. The standard InChI is InChI=1S/C6H7NS.ClH/c1-5-2-3-7-6(8)4-5;/h2-4H,1H3,(H,7,8);1H. The Bertz CT molecular complexity index is 230. The lowest BCUT2D eigenvalue weighted by Gasteiger charge is -1.85. The highest BCUT2D eigenvalue weighted by atomic mass is 35.5. The molecule has 1 aromatic rings. The van der Waals surface area contributed by atoms with Crippen molar-refractivity contribution in [2.75, 3.05) is 0 Å². The van der Waals surface area contributed by atoms with E-state index in [1.807, 2.05) is 25.3 Å². The van der Waals surface area contributed by atoms with Crippen molar-refractivity contribution in [3.05, 3.63) is 28.5 Å². The summed E-state index contributed by atoms with van der Waals surface area (Å²) in [4.78, 5) is 2.89. The van der Waals surface area contributed by atoms with Crippen LogP contribution in [0.2, 0.25) is 0 Å². The average Bonchev–Trinajstić information content (AvgIpc) is 1.64. The van der Waals surface area contributed by atoms with E-state index in [4.69, 9.17) is 12.2 Å². The first-order valence-corrected chi connectivity index (χ1v) is 2.85. The van der Waals surface area contributed by atoms with Crippen LogP contribution in [0.1, 0.15) is 5.56 Å². The summed E-state index contributed by atoms with van der Waals surface area (Å²) in [7, 11) is 0. The third-order valence-electron chi connectivity index (χ3n) is 0.931. The van der Waals surface area contributed by atoms with Crippen LogP contribution >= 0.6 is 24.6 Å². The van der Waals surface area contributed by atoms with Crippen LogP contribution in [-0.2, 0) is 0 Å². The SMILES string of the molecule is Cc1cc[nH]c(=S)c1.Cl. The molecule has 0 amide bonds. The molecule has 0 aliphatic carbocycles. The highest BCUT2D eigenvalue weighted by molar-refractivity contribution is 7.71. The molecule has 1 aromatic heterocycles. The summed E-state index contributed by atoms with van der Waals surface area (Å²) in [5, 5.41) is 0. The molecule has 1 nitrogen and oxygen atoms in total. The normalized spacial score (nSPS) is 8.11. The molecule has 50 valence electrons. The first-order chi connectivity index (χ1) is 3.79. The third-order valence-corrected chi connectivity index (χ3v) is 1.17. The number of hydrogen-bond acceptors (Lipinski definition) is 1. The van der Waals surface area contributed by atoms with Crippen LogP contribution in [-0.4, -0.2) is 4.98 Å². The Kier molecular flexibility index (Phi) is 3.50. The van der Waals surface area contributed by atoms with Gasteiger partial charge in [0.2, 0.25) is 0 Å². The van der Waals surface area contributed by atoms with Crippen LogP contribution < -0.4 is 0 Å². The highest BCUT2D eigenvalue weighted by Gasteiger charge is 1.77. The molecule has 0 radical (unpaired) electrons. The van der Waals surface area contributed by atoms with Crippen LogP contribution in [0, 0.1) is 11.6 Å². The quantitative estimate of drug-likeness (QED) is 0.578. The van der Waals surface area contributed by atoms with Crippen molar-refractivity contribution in [1.82, 2.24) is 4.98 Å². The lowest BCUT2D eigenvalue weighted by molar-refractivity contribution is 1.26. The number of aryl methyl sites for hydroxylation is 1. The van der Waals surface area contributed by atoms with Crippen molar-refractivity contribution in [2.45, 2.75) is 6.92 Å². The van der Waals surface area contributed by atoms with Gasteiger partial charge in [-0.25, -0.2) is 0 Å². The molecule has 1 heterocycles. The molecule has 0 saturated carbocycles. The van der Waals surface area contributed by atoms with Gasteiger partial charge in [0.1, 0.15) is 4.64 Å². The number of aromatic nitrogens is 1. The summed E-state index contributed by atoms with van der Waals surface area (Å²) in [5.41, 5.74) is 1.20. The Morgan fingerprint density at radius 3 is 2.56 bits per heavy atom. The number of hydrogen-bond donors (Lipinski definition) is 1. The molecule has 0 aliphatic heterocycles. The predicted octanol–water partition coefficient (Wildman–Crippen LogP) is 2.47. The number of nitrogens with one attached hydrogen (secondary N) is 1. The van der Waals surface area contributed by atoms with E-state index in [9.17, 15) is 0 Å². The Morgan fingerprint density at radius 1 is 1.56 bits per heavy atom. The maximum atomic E-state index is 4.84. The predicted molar refractivity (Wildman–Crippen MR) is 43.6 cm³/mol. The van der Waals surface area contributed by atoms with Crippen LogP contribution in [0.15, 0.2) is 18.3 Å². The largest absolute Gasteiger partial charge is 0.353 e. The summed E-state index contributed by atoms with van der Waals surface area (Å²) in [6, 6.07) is 3.91. The second-order valence-corrected chi connectivity index (χ2v) is 2.17. The van der Waals surface area contributed by atoms with Gasteiger partial charge in [0.15, 0.2) is 0 Å². The van der Waals surface area contributed by atoms with Crippen molar-refractivity contribution >= 4 is 24.6 Å². The zero-order valence-electron chi connectivity index (χ0n) is 5.05. The fraction of sp³-hybridized carbons (Fsp3) is 0.167. The van der Waals surface area contributed by atoms with Gasteiger partial charge in [-0.1, -0.05) is 12.2 Å². The molecule has 0 saturated heterocycles. The lowest BCUT2D eigenvalue weighted by atomic mass is 10.3. The molecular formula is C6H8ClNS. The van der Waals surface area contributed by atoms with E-state index in [-0.39, 0.29) is 12.4 Å². The zero-order chi connectivity index (χ0) is 5.98. The van der Waals surface area contributed by atoms with Gasteiger partial charge in [-0.15, -0.1) is 12.4 Å². The minimum atomic E-state index is 0. The molecule has 0 spiro atoms. The van der Waals surface area contributed by atoms with E-state index in [1.165, 1.54) is 5.56 Å². The van der Waals surface area contributed by atoms with E-state index in [2.05, 4.69) is 4.98 Å². The van der Waals surface area contributed by atoms with Crippen LogP contribution in [0.5, 0.6) is 0 Å². The first-order valence-electron chi connectivity index (χ1n) is 2.44. The smallest absolute Gasteiger partial charge is 0.103 e. The maximum Gasteiger partial charge on any atom is 0.103 e. The topological polar surface area (TPSA) is 15.8 Å². The molecule has 0 atom stereocenters. The monoisotopic (exact) mass is 161 g/mol. The van der Waals surface area contributed by atoms with Crippen molar-refractivity contribution in [1.29, 1.82) is 0 Å². The molecule has 1 rings (SSSR count). The number of pyridine rings is 1. The minimum Gasteiger partial charge on any atom is -0.353 e. The molecule has 0 aliphatic rings. The summed E-state index contributed by atoms with van der Waals surface area (Å²) < 4.78 is 0.796. The fourth-order valence-corrected chi connectivity index (χ4v) is 0.806. The van der Waals surface area contributed by atoms with Crippen LogP contribution in [0.3, 0.4) is 0 Å². The molecule has 1 N–H and O–H groups in total. The van der Waals surface area contributed by atoms with E-state index >= 15 is 0 Å². The average molecular weight is 162 g/mol. The van der Waals surface area contributed by atoms with E-state index < -0.39 is 0 Å². The minimum absolute atomic E-state index is 0. The third kappa shape index (κ3) is 2.63. The van der Waals surface area contributed by atoms with Gasteiger partial charge >= 0.3 is 0 Å². The molecule has 0 aromatic carbocycles. The number of rotatable bonds is 0. The number of halogens is 1. The Hall–Kier alpha value is -0.340. The van der Waals surface area contributed by atoms with Crippen molar-refractivity contribution in [3.63, 3.8) is 0 Å². The Labute approximate surface area is 65.5 Å². The van der Waals surface area contributed by atoms with Crippen LogP contribution in [0.25, 0.3) is 0 Å². The van der Waals surface area contributed by atoms with E-state index in [0.29, 0.717) is 0 Å². The molecule has 0 fully saturated rings. The zero-order valence-corrected chi connectivity index (χ0v) is 6.68. The van der Waals surface area contributed by atoms with Crippen LogP contribution in [0.4, 0.5) is 0 Å². The number of aromatic amines is 1. The second-order valence-electron chi connectivity index (χ2n) is 1.73. The Morgan fingerprint density at radius 2 is 2.22 bits per heavy atom. The van der Waals surface area contributed by atoms with Gasteiger partial charge < -0.3 is 4.98 Å². The number of H-pyrrole nitrogens is 1.